The number of nitrogens with two attached hydrogens (primary N) is 1. The second-order valence-electron chi connectivity index (χ2n) is 3.76. The predicted octanol–water partition coefficient (Wildman–Crippen LogP) is 1.63. The lowest BCUT2D eigenvalue weighted by atomic mass is 10.3. The second-order valence-corrected chi connectivity index (χ2v) is 7.45. The molecule has 98 valence electrons. The van der Waals surface area contributed by atoms with Crippen molar-refractivity contribution in [2.45, 2.75) is 30.8 Å². The van der Waals surface area contributed by atoms with Gasteiger partial charge in [0.15, 0.2) is 0 Å². The lowest BCUT2D eigenvalue weighted by Gasteiger charge is -2.12. The van der Waals surface area contributed by atoms with E-state index in [-0.39, 0.29) is 6.04 Å². The number of hydrogen-bond donors (Lipinski definition) is 2. The number of rotatable bonds is 7. The summed E-state index contributed by atoms with van der Waals surface area (Å²) in [5.41, 5.74) is 5.47. The monoisotopic (exact) mass is 294 g/mol. The van der Waals surface area contributed by atoms with E-state index in [1.54, 1.807) is 23.2 Å². The van der Waals surface area contributed by atoms with Crippen LogP contribution in [0.3, 0.4) is 0 Å². The lowest BCUT2D eigenvalue weighted by Crippen LogP contribution is -2.32. The summed E-state index contributed by atoms with van der Waals surface area (Å²) in [5, 5.41) is 1.63. The highest BCUT2D eigenvalue weighted by molar-refractivity contribution is 7.98. The van der Waals surface area contributed by atoms with Crippen molar-refractivity contribution in [1.82, 2.24) is 4.72 Å². The topological polar surface area (TPSA) is 72.2 Å². The second kappa shape index (κ2) is 6.75. The minimum atomic E-state index is -3.38. The van der Waals surface area contributed by atoms with Crippen molar-refractivity contribution in [2.75, 3.05) is 12.0 Å². The summed E-state index contributed by atoms with van der Waals surface area (Å²) in [7, 11) is -3.38. The normalized spacial score (nSPS) is 13.8. The van der Waals surface area contributed by atoms with Gasteiger partial charge in [-0.25, -0.2) is 13.1 Å². The maximum atomic E-state index is 12.0. The zero-order valence-electron chi connectivity index (χ0n) is 9.97. The van der Waals surface area contributed by atoms with Crippen LogP contribution in [0.1, 0.15) is 18.2 Å². The van der Waals surface area contributed by atoms with E-state index in [4.69, 9.17) is 5.73 Å². The van der Waals surface area contributed by atoms with Gasteiger partial charge in [-0.3, -0.25) is 0 Å². The Morgan fingerprint density at radius 1 is 1.59 bits per heavy atom. The van der Waals surface area contributed by atoms with Crippen LogP contribution < -0.4 is 10.5 Å². The molecule has 0 aliphatic carbocycles. The van der Waals surface area contributed by atoms with Crippen molar-refractivity contribution in [1.29, 1.82) is 0 Å². The number of sulfonamides is 1. The molecule has 0 bridgehead atoms. The fraction of sp³-hybridized carbons (Fsp3) is 0.600. The first-order chi connectivity index (χ1) is 7.99. The molecule has 1 unspecified atom stereocenters. The minimum Gasteiger partial charge on any atom is -0.326 e. The van der Waals surface area contributed by atoms with Gasteiger partial charge in [0.2, 0.25) is 10.0 Å². The van der Waals surface area contributed by atoms with Gasteiger partial charge in [0.25, 0.3) is 0 Å². The van der Waals surface area contributed by atoms with Crippen LogP contribution in [0.5, 0.6) is 0 Å². The van der Waals surface area contributed by atoms with Gasteiger partial charge < -0.3 is 5.73 Å². The van der Waals surface area contributed by atoms with Crippen molar-refractivity contribution in [3.8, 4) is 0 Å². The van der Waals surface area contributed by atoms with Crippen molar-refractivity contribution in [3.63, 3.8) is 0 Å². The maximum Gasteiger partial charge on any atom is 0.241 e. The molecule has 1 rings (SSSR count). The Labute approximate surface area is 111 Å². The van der Waals surface area contributed by atoms with Crippen molar-refractivity contribution >= 4 is 33.1 Å². The summed E-state index contributed by atoms with van der Waals surface area (Å²) in [4.78, 5) is 1.20. The highest BCUT2D eigenvalue weighted by Crippen LogP contribution is 2.19. The molecule has 1 heterocycles. The highest BCUT2D eigenvalue weighted by atomic mass is 32.2. The summed E-state index contributed by atoms with van der Waals surface area (Å²) < 4.78 is 26.6. The molecule has 1 aromatic heterocycles. The van der Waals surface area contributed by atoms with E-state index in [1.807, 2.05) is 13.2 Å². The van der Waals surface area contributed by atoms with Crippen LogP contribution in [0, 0.1) is 0 Å². The first-order valence-corrected chi connectivity index (χ1v) is 9.04. The van der Waals surface area contributed by atoms with Crippen molar-refractivity contribution in [3.05, 3.63) is 16.3 Å². The van der Waals surface area contributed by atoms with Crippen LogP contribution in [-0.4, -0.2) is 26.5 Å². The largest absolute Gasteiger partial charge is 0.326 e. The molecule has 0 amide bonds. The van der Waals surface area contributed by atoms with Crippen LogP contribution in [-0.2, 0) is 16.6 Å². The van der Waals surface area contributed by atoms with Gasteiger partial charge in [-0.2, -0.15) is 11.8 Å². The fourth-order valence-corrected chi connectivity index (χ4v) is 4.32. The molecular formula is C10H18N2O2S3. The standard InChI is InChI=1S/C10H18N2O2S3/c1-8(3-4-15-2)12-17(13,14)10-5-9(6-11)16-7-10/h5,7-8,12H,3-4,6,11H2,1-2H3. The third-order valence-corrected chi connectivity index (χ3v) is 5.57. The van der Waals surface area contributed by atoms with Gasteiger partial charge in [0.1, 0.15) is 0 Å². The Morgan fingerprint density at radius 2 is 2.29 bits per heavy atom. The molecule has 1 aromatic rings. The molecule has 0 aliphatic rings. The summed E-state index contributed by atoms with van der Waals surface area (Å²) in [6, 6.07) is 1.59. The van der Waals surface area contributed by atoms with Gasteiger partial charge in [0.05, 0.1) is 4.90 Å². The average Bonchev–Trinajstić information content (AvgIpc) is 2.75. The lowest BCUT2D eigenvalue weighted by molar-refractivity contribution is 0.557. The summed E-state index contributed by atoms with van der Waals surface area (Å²) >= 11 is 3.08. The Hall–Kier alpha value is -0.0800. The van der Waals surface area contributed by atoms with E-state index < -0.39 is 10.0 Å². The van der Waals surface area contributed by atoms with E-state index >= 15 is 0 Å². The van der Waals surface area contributed by atoms with Crippen molar-refractivity contribution < 1.29 is 8.42 Å². The zero-order valence-corrected chi connectivity index (χ0v) is 12.4. The molecule has 0 aliphatic heterocycles. The molecular weight excluding hydrogens is 276 g/mol. The molecule has 0 saturated heterocycles. The van der Waals surface area contributed by atoms with Gasteiger partial charge >= 0.3 is 0 Å². The van der Waals surface area contributed by atoms with E-state index in [0.29, 0.717) is 11.4 Å². The first kappa shape index (κ1) is 15.0. The number of thioether (sulfide) groups is 1. The van der Waals surface area contributed by atoms with Crippen LogP contribution in [0.25, 0.3) is 0 Å². The molecule has 0 aromatic carbocycles. The molecule has 1 atom stereocenters. The third kappa shape index (κ3) is 4.59. The Balaban J connectivity index is 2.68. The van der Waals surface area contributed by atoms with E-state index in [9.17, 15) is 8.42 Å². The van der Waals surface area contributed by atoms with E-state index in [1.165, 1.54) is 11.3 Å². The SMILES string of the molecule is CSCCC(C)NS(=O)(=O)c1csc(CN)c1. The van der Waals surface area contributed by atoms with Gasteiger partial charge in [-0.1, -0.05) is 0 Å². The molecule has 0 saturated carbocycles. The molecule has 0 fully saturated rings. The summed E-state index contributed by atoms with van der Waals surface area (Å²) in [6.45, 7) is 2.26. The molecule has 17 heavy (non-hydrogen) atoms. The molecule has 0 spiro atoms. The Morgan fingerprint density at radius 3 is 2.82 bits per heavy atom. The van der Waals surface area contributed by atoms with Gasteiger partial charge in [0, 0.05) is 22.8 Å². The van der Waals surface area contributed by atoms with Crippen LogP contribution >= 0.6 is 23.1 Å². The fourth-order valence-electron chi connectivity index (χ4n) is 1.29. The quantitative estimate of drug-likeness (QED) is 0.801. The number of nitrogens with one attached hydrogen (secondary N) is 1. The molecule has 3 N–H and O–H groups in total. The smallest absolute Gasteiger partial charge is 0.241 e. The van der Waals surface area contributed by atoms with Crippen LogP contribution in [0.15, 0.2) is 16.3 Å². The van der Waals surface area contributed by atoms with Crippen LogP contribution in [0.4, 0.5) is 0 Å². The molecule has 4 nitrogen and oxygen atoms in total. The summed E-state index contributed by atoms with van der Waals surface area (Å²) in [6.07, 6.45) is 2.84. The minimum absolute atomic E-state index is 0.0475. The van der Waals surface area contributed by atoms with Crippen LogP contribution in [0.2, 0.25) is 0 Å². The molecule has 7 heteroatoms. The summed E-state index contributed by atoms with van der Waals surface area (Å²) in [5.74, 6) is 0.946. The average molecular weight is 294 g/mol. The van der Waals surface area contributed by atoms with Gasteiger partial charge in [-0.05, 0) is 31.4 Å². The first-order valence-electron chi connectivity index (χ1n) is 5.28. The highest BCUT2D eigenvalue weighted by Gasteiger charge is 2.18. The van der Waals surface area contributed by atoms with E-state index in [2.05, 4.69) is 4.72 Å². The predicted molar refractivity (Wildman–Crippen MR) is 75.0 cm³/mol. The zero-order chi connectivity index (χ0) is 12.9. The number of hydrogen-bond acceptors (Lipinski definition) is 5. The Bertz CT molecular complexity index is 442. The third-order valence-electron chi connectivity index (χ3n) is 2.25. The maximum absolute atomic E-state index is 12.0. The van der Waals surface area contributed by atoms with Gasteiger partial charge in [-0.15, -0.1) is 11.3 Å². The Kier molecular flexibility index (Phi) is 5.94. The molecule has 0 radical (unpaired) electrons. The number of thiophene rings is 1. The van der Waals surface area contributed by atoms with Crippen molar-refractivity contribution in [2.24, 2.45) is 5.73 Å². The van der Waals surface area contributed by atoms with E-state index in [0.717, 1.165) is 17.1 Å².